The van der Waals surface area contributed by atoms with Crippen LogP contribution in [-0.4, -0.2) is 0 Å². The summed E-state index contributed by atoms with van der Waals surface area (Å²) in [6.45, 7) is 0. The normalized spacial score (nSPS) is 14.5. The highest BCUT2D eigenvalue weighted by Gasteiger charge is 2.15. The molecule has 0 unspecified atom stereocenters. The van der Waals surface area contributed by atoms with E-state index in [2.05, 4.69) is 0 Å². The largest absolute Gasteiger partial charge is 0.456 e. The van der Waals surface area contributed by atoms with Gasteiger partial charge in [0, 0.05) is 27.8 Å². The maximum atomic E-state index is 8.72. The number of benzene rings is 6. The summed E-state index contributed by atoms with van der Waals surface area (Å²) in [7, 11) is 0. The lowest BCUT2D eigenvalue weighted by atomic mass is 9.95. The highest BCUT2D eigenvalue weighted by molar-refractivity contribution is 6.12. The Balaban J connectivity index is 1.43. The van der Waals surface area contributed by atoms with Crippen LogP contribution in [0.15, 0.2) is 156 Å². The van der Waals surface area contributed by atoms with Crippen LogP contribution in [0.25, 0.3) is 44.2 Å². The molecule has 1 heterocycles. The maximum Gasteiger partial charge on any atom is 0.136 e. The molecule has 7 rings (SSSR count). The molecule has 2 nitrogen and oxygen atoms in total. The Bertz CT molecular complexity index is 2360. The molecule has 0 spiro atoms. The molecule has 0 aliphatic heterocycles. The van der Waals surface area contributed by atoms with Crippen molar-refractivity contribution in [3.63, 3.8) is 0 Å². The van der Waals surface area contributed by atoms with Crippen LogP contribution >= 0.6 is 0 Å². The molecule has 2 heteroatoms. The Kier molecular flexibility index (Phi) is 3.62. The molecular formula is C36H25NO. The van der Waals surface area contributed by atoms with E-state index >= 15 is 0 Å². The number of furan rings is 1. The van der Waals surface area contributed by atoms with Crippen LogP contribution in [0.5, 0.6) is 0 Å². The van der Waals surface area contributed by atoms with Crippen molar-refractivity contribution in [2.24, 2.45) is 0 Å². The van der Waals surface area contributed by atoms with Crippen molar-refractivity contribution in [2.45, 2.75) is 0 Å². The molecule has 0 atom stereocenters. The monoisotopic (exact) mass is 496 g/mol. The quantitative estimate of drug-likeness (QED) is 0.236. The molecule has 38 heavy (non-hydrogen) atoms. The summed E-state index contributed by atoms with van der Waals surface area (Å²) in [5.74, 6) is 0. The smallest absolute Gasteiger partial charge is 0.136 e. The molecule has 0 aliphatic rings. The number of hydrogen-bond acceptors (Lipinski definition) is 2. The standard InChI is InChI=1S/C36H25NO/c1-3-15-29(16-4-1)37(30-17-5-2-6-18-30)31-19-10-13-27(25-31)26-12-9-14-28(24-26)32-21-11-23-35-36(32)33-20-7-8-22-34(33)38-35/h1-25H/i1D,2D,3D,4D,5D,6D,15D,16D,17D. The summed E-state index contributed by atoms with van der Waals surface area (Å²) in [5, 5.41) is 2.01. The lowest BCUT2D eigenvalue weighted by molar-refractivity contribution is 0.669. The zero-order chi connectivity index (χ0) is 33.1. The molecule has 180 valence electrons. The van der Waals surface area contributed by atoms with Crippen molar-refractivity contribution >= 4 is 39.0 Å². The zero-order valence-corrected chi connectivity index (χ0v) is 20.1. The second-order valence-electron chi connectivity index (χ2n) is 8.77. The van der Waals surface area contributed by atoms with Gasteiger partial charge >= 0.3 is 0 Å². The number of para-hydroxylation sites is 3. The van der Waals surface area contributed by atoms with E-state index in [1.165, 1.54) is 11.0 Å². The van der Waals surface area contributed by atoms with Gasteiger partial charge in [-0.3, -0.25) is 0 Å². The number of rotatable bonds is 5. The van der Waals surface area contributed by atoms with Gasteiger partial charge in [0.15, 0.2) is 0 Å². The van der Waals surface area contributed by atoms with Crippen LogP contribution in [0, 0.1) is 0 Å². The maximum absolute atomic E-state index is 8.72. The van der Waals surface area contributed by atoms with Crippen LogP contribution in [0.1, 0.15) is 12.3 Å². The molecule has 6 aromatic carbocycles. The topological polar surface area (TPSA) is 16.4 Å². The Labute approximate surface area is 234 Å². The van der Waals surface area contributed by atoms with Crippen molar-refractivity contribution in [1.82, 2.24) is 0 Å². The van der Waals surface area contributed by atoms with E-state index < -0.39 is 48.3 Å². The Morgan fingerprint density at radius 1 is 0.500 bits per heavy atom. The van der Waals surface area contributed by atoms with E-state index in [0.29, 0.717) is 5.69 Å². The Morgan fingerprint density at radius 2 is 1.18 bits per heavy atom. The van der Waals surface area contributed by atoms with Gasteiger partial charge in [-0.25, -0.2) is 0 Å². The van der Waals surface area contributed by atoms with Gasteiger partial charge in [-0.05, 0) is 76.8 Å². The van der Waals surface area contributed by atoms with Gasteiger partial charge in [0.2, 0.25) is 0 Å². The van der Waals surface area contributed by atoms with E-state index in [0.717, 1.165) is 44.2 Å². The number of anilines is 3. The first-order chi connectivity index (χ1) is 22.6. The van der Waals surface area contributed by atoms with Crippen LogP contribution in [0.3, 0.4) is 0 Å². The number of hydrogen-bond donors (Lipinski definition) is 0. The Hall–Kier alpha value is -5.08. The van der Waals surface area contributed by atoms with Crippen molar-refractivity contribution < 1.29 is 16.8 Å². The molecule has 0 bridgehead atoms. The molecule has 0 amide bonds. The fourth-order valence-electron chi connectivity index (χ4n) is 4.84. The molecule has 1 aromatic heterocycles. The van der Waals surface area contributed by atoms with Gasteiger partial charge in [-0.1, -0.05) is 96.9 Å². The van der Waals surface area contributed by atoms with Gasteiger partial charge in [0.25, 0.3) is 0 Å². The SMILES string of the molecule is [2H]c1cc(N(c2cccc(-c3cccc(-c4cccc5oc6ccccc6c45)c3)c2)c2c([2H])c([2H])c([2H])c([2H])c2[2H])c([2H])c([2H])c1[2H]. The average Bonchev–Trinajstić information content (AvgIpc) is 3.48. The van der Waals surface area contributed by atoms with Crippen molar-refractivity contribution in [1.29, 1.82) is 0 Å². The first-order valence-electron chi connectivity index (χ1n) is 16.6. The van der Waals surface area contributed by atoms with Crippen LogP contribution < -0.4 is 4.90 Å². The minimum absolute atomic E-state index is 0.0565. The highest BCUT2D eigenvalue weighted by atomic mass is 16.3. The van der Waals surface area contributed by atoms with E-state index in [1.807, 2.05) is 72.8 Å². The molecule has 7 aromatic rings. The summed E-state index contributed by atoms with van der Waals surface area (Å²) in [6.07, 6.45) is 0. The first kappa shape index (κ1) is 14.6. The molecule has 0 aliphatic carbocycles. The van der Waals surface area contributed by atoms with Gasteiger partial charge in [0.1, 0.15) is 11.2 Å². The van der Waals surface area contributed by atoms with Crippen LogP contribution in [0.2, 0.25) is 0 Å². The number of fused-ring (bicyclic) bond motifs is 3. The molecule has 0 fully saturated rings. The third kappa shape index (κ3) is 3.93. The fourth-order valence-corrected chi connectivity index (χ4v) is 4.84. The average molecular weight is 497 g/mol. The van der Waals surface area contributed by atoms with E-state index in [4.69, 9.17) is 16.8 Å². The van der Waals surface area contributed by atoms with Crippen molar-refractivity contribution in [3.05, 3.63) is 151 Å². The molecule has 0 saturated heterocycles. The lowest BCUT2D eigenvalue weighted by Gasteiger charge is -2.26. The summed E-state index contributed by atoms with van der Waals surface area (Å²) in [6, 6.07) is 25.7. The predicted octanol–water partition coefficient (Wildman–Crippen LogP) is 10.4. The zero-order valence-electron chi connectivity index (χ0n) is 29.1. The van der Waals surface area contributed by atoms with Gasteiger partial charge in [0.05, 0.1) is 12.3 Å². The summed E-state index contributed by atoms with van der Waals surface area (Å²) >= 11 is 0. The van der Waals surface area contributed by atoms with E-state index in [-0.39, 0.29) is 17.4 Å². The number of nitrogens with zero attached hydrogens (tertiary/aromatic N) is 1. The summed E-state index contributed by atoms with van der Waals surface area (Å²) in [4.78, 5) is 1.31. The van der Waals surface area contributed by atoms with Crippen LogP contribution in [0.4, 0.5) is 17.1 Å². The molecule has 0 N–H and O–H groups in total. The highest BCUT2D eigenvalue weighted by Crippen LogP contribution is 2.39. The fraction of sp³-hybridized carbons (Fsp3) is 0. The summed E-state index contributed by atoms with van der Waals surface area (Å²) < 4.78 is 81.7. The van der Waals surface area contributed by atoms with Crippen LogP contribution in [-0.2, 0) is 0 Å². The molecule has 0 radical (unpaired) electrons. The molecular weight excluding hydrogens is 462 g/mol. The predicted molar refractivity (Wildman–Crippen MR) is 159 cm³/mol. The molecule has 0 saturated carbocycles. The second kappa shape index (κ2) is 9.42. The van der Waals surface area contributed by atoms with Crippen molar-refractivity contribution in [2.75, 3.05) is 4.90 Å². The lowest BCUT2D eigenvalue weighted by Crippen LogP contribution is -2.09. The van der Waals surface area contributed by atoms with E-state index in [9.17, 15) is 0 Å². The van der Waals surface area contributed by atoms with Gasteiger partial charge in [-0.2, -0.15) is 0 Å². The first-order valence-corrected chi connectivity index (χ1v) is 12.1. The Morgan fingerprint density at radius 3 is 2.08 bits per heavy atom. The van der Waals surface area contributed by atoms with Gasteiger partial charge in [-0.15, -0.1) is 0 Å². The third-order valence-electron chi connectivity index (χ3n) is 6.50. The van der Waals surface area contributed by atoms with E-state index in [1.54, 1.807) is 18.2 Å². The minimum Gasteiger partial charge on any atom is -0.456 e. The third-order valence-corrected chi connectivity index (χ3v) is 6.50. The van der Waals surface area contributed by atoms with Crippen molar-refractivity contribution in [3.8, 4) is 22.3 Å². The minimum atomic E-state index is -0.565. The second-order valence-corrected chi connectivity index (χ2v) is 8.77. The summed E-state index contributed by atoms with van der Waals surface area (Å²) in [5.41, 5.74) is 5.15. The van der Waals surface area contributed by atoms with Gasteiger partial charge < -0.3 is 9.32 Å².